The molecule has 0 radical (unpaired) electrons. The van der Waals surface area contributed by atoms with Crippen LogP contribution in [0, 0.1) is 5.92 Å². The third-order valence-corrected chi connectivity index (χ3v) is 4.43. The predicted octanol–water partition coefficient (Wildman–Crippen LogP) is 0.571. The SMILES string of the molecule is CC(C)N1CC(C(=O)NC2CCc3nccn3C2)CC1=O. The van der Waals surface area contributed by atoms with Crippen LogP contribution in [0.25, 0.3) is 0 Å². The van der Waals surface area contributed by atoms with Gasteiger partial charge in [0.05, 0.1) is 5.92 Å². The van der Waals surface area contributed by atoms with E-state index in [0.29, 0.717) is 13.0 Å². The first kappa shape index (κ1) is 14.1. The summed E-state index contributed by atoms with van der Waals surface area (Å²) < 4.78 is 2.09. The monoisotopic (exact) mass is 290 g/mol. The van der Waals surface area contributed by atoms with Crippen molar-refractivity contribution >= 4 is 11.8 Å². The van der Waals surface area contributed by atoms with Crippen molar-refractivity contribution in [1.29, 1.82) is 0 Å². The molecule has 1 saturated heterocycles. The number of amides is 2. The molecule has 21 heavy (non-hydrogen) atoms. The number of imidazole rings is 1. The Balaban J connectivity index is 1.57. The van der Waals surface area contributed by atoms with Crippen molar-refractivity contribution in [1.82, 2.24) is 19.8 Å². The lowest BCUT2D eigenvalue weighted by Gasteiger charge is -2.26. The normalized spacial score (nSPS) is 25.3. The number of nitrogens with zero attached hydrogens (tertiary/aromatic N) is 3. The van der Waals surface area contributed by atoms with Crippen LogP contribution < -0.4 is 5.32 Å². The van der Waals surface area contributed by atoms with Gasteiger partial charge < -0.3 is 14.8 Å². The van der Waals surface area contributed by atoms with Crippen molar-refractivity contribution in [2.75, 3.05) is 6.54 Å². The summed E-state index contributed by atoms with van der Waals surface area (Å²) in [4.78, 5) is 30.3. The second-order valence-corrected chi connectivity index (χ2v) is 6.28. The van der Waals surface area contributed by atoms with E-state index >= 15 is 0 Å². The highest BCUT2D eigenvalue weighted by Gasteiger charge is 2.36. The maximum atomic E-state index is 12.4. The van der Waals surface area contributed by atoms with E-state index in [2.05, 4.69) is 14.9 Å². The summed E-state index contributed by atoms with van der Waals surface area (Å²) in [5.74, 6) is 0.984. The number of hydrogen-bond acceptors (Lipinski definition) is 3. The Kier molecular flexibility index (Phi) is 3.69. The summed E-state index contributed by atoms with van der Waals surface area (Å²) in [6, 6.07) is 0.306. The van der Waals surface area contributed by atoms with Gasteiger partial charge in [-0.3, -0.25) is 9.59 Å². The number of carbonyl (C=O) groups excluding carboxylic acids is 2. The zero-order valence-corrected chi connectivity index (χ0v) is 12.6. The van der Waals surface area contributed by atoms with E-state index in [9.17, 15) is 9.59 Å². The molecule has 1 aromatic heterocycles. The maximum Gasteiger partial charge on any atom is 0.225 e. The molecule has 0 aromatic carbocycles. The average molecular weight is 290 g/mol. The predicted molar refractivity (Wildman–Crippen MR) is 77.4 cm³/mol. The molecule has 0 aliphatic carbocycles. The van der Waals surface area contributed by atoms with Crippen molar-refractivity contribution in [2.45, 2.75) is 51.7 Å². The molecule has 3 heterocycles. The molecule has 114 valence electrons. The Morgan fingerprint density at radius 3 is 2.95 bits per heavy atom. The Bertz CT molecular complexity index is 552. The smallest absolute Gasteiger partial charge is 0.225 e. The summed E-state index contributed by atoms with van der Waals surface area (Å²) in [7, 11) is 0. The van der Waals surface area contributed by atoms with Gasteiger partial charge in [0, 0.05) is 50.4 Å². The fraction of sp³-hybridized carbons (Fsp3) is 0.667. The van der Waals surface area contributed by atoms with Crippen molar-refractivity contribution in [2.24, 2.45) is 5.92 Å². The van der Waals surface area contributed by atoms with Crippen molar-refractivity contribution in [3.05, 3.63) is 18.2 Å². The summed E-state index contributed by atoms with van der Waals surface area (Å²) in [6.45, 7) is 5.29. The quantitative estimate of drug-likeness (QED) is 0.885. The van der Waals surface area contributed by atoms with E-state index in [1.807, 2.05) is 20.0 Å². The highest BCUT2D eigenvalue weighted by atomic mass is 16.2. The molecule has 0 saturated carbocycles. The van der Waals surface area contributed by atoms with Gasteiger partial charge in [-0.05, 0) is 20.3 Å². The van der Waals surface area contributed by atoms with Crippen LogP contribution in [0.4, 0.5) is 0 Å². The molecule has 2 aliphatic heterocycles. The van der Waals surface area contributed by atoms with Gasteiger partial charge >= 0.3 is 0 Å². The molecular formula is C15H22N4O2. The van der Waals surface area contributed by atoms with Crippen LogP contribution in [0.2, 0.25) is 0 Å². The fourth-order valence-electron chi connectivity index (χ4n) is 3.21. The third kappa shape index (κ3) is 2.80. The number of nitrogens with one attached hydrogen (secondary N) is 1. The lowest BCUT2D eigenvalue weighted by atomic mass is 10.0. The molecule has 1 aromatic rings. The summed E-state index contributed by atoms with van der Waals surface area (Å²) in [5.41, 5.74) is 0. The van der Waals surface area contributed by atoms with Crippen LogP contribution in [0.15, 0.2) is 12.4 Å². The van der Waals surface area contributed by atoms with Crippen LogP contribution >= 0.6 is 0 Å². The number of aromatic nitrogens is 2. The number of likely N-dealkylation sites (tertiary alicyclic amines) is 1. The van der Waals surface area contributed by atoms with Gasteiger partial charge in [-0.2, -0.15) is 0 Å². The molecule has 0 bridgehead atoms. The van der Waals surface area contributed by atoms with Gasteiger partial charge in [-0.25, -0.2) is 4.98 Å². The highest BCUT2D eigenvalue weighted by Crippen LogP contribution is 2.21. The Hall–Kier alpha value is -1.85. The van der Waals surface area contributed by atoms with E-state index in [1.54, 1.807) is 11.1 Å². The van der Waals surface area contributed by atoms with Crippen LogP contribution in [-0.2, 0) is 22.6 Å². The minimum Gasteiger partial charge on any atom is -0.351 e. The largest absolute Gasteiger partial charge is 0.351 e. The van der Waals surface area contributed by atoms with Gasteiger partial charge in [0.2, 0.25) is 11.8 Å². The minimum absolute atomic E-state index is 0.0139. The zero-order chi connectivity index (χ0) is 15.0. The number of hydrogen-bond donors (Lipinski definition) is 1. The van der Waals surface area contributed by atoms with Gasteiger partial charge in [-0.1, -0.05) is 0 Å². The first-order chi connectivity index (χ1) is 10.0. The second-order valence-electron chi connectivity index (χ2n) is 6.28. The molecule has 2 atom stereocenters. The molecule has 6 heteroatoms. The van der Waals surface area contributed by atoms with E-state index in [-0.39, 0.29) is 29.8 Å². The summed E-state index contributed by atoms with van der Waals surface area (Å²) in [5, 5.41) is 3.11. The van der Waals surface area contributed by atoms with Crippen LogP contribution in [0.1, 0.15) is 32.5 Å². The van der Waals surface area contributed by atoms with Gasteiger partial charge in [0.1, 0.15) is 5.82 Å². The minimum atomic E-state index is -0.205. The van der Waals surface area contributed by atoms with Crippen molar-refractivity contribution in [3.8, 4) is 0 Å². The first-order valence-corrected chi connectivity index (χ1v) is 7.64. The second kappa shape index (κ2) is 5.50. The molecule has 0 spiro atoms. The standard InChI is InChI=1S/C15H22N4O2/c1-10(2)19-8-11(7-14(19)20)15(21)17-12-3-4-13-16-5-6-18(13)9-12/h5-6,10-12H,3-4,7-9H2,1-2H3,(H,17,21). The number of rotatable bonds is 3. The van der Waals surface area contributed by atoms with Gasteiger partial charge in [-0.15, -0.1) is 0 Å². The molecule has 2 aliphatic rings. The molecule has 2 unspecified atom stereocenters. The highest BCUT2D eigenvalue weighted by molar-refractivity contribution is 5.89. The fourth-order valence-corrected chi connectivity index (χ4v) is 3.21. The number of aryl methyl sites for hydroxylation is 1. The van der Waals surface area contributed by atoms with E-state index in [4.69, 9.17) is 0 Å². The zero-order valence-electron chi connectivity index (χ0n) is 12.6. The Labute approximate surface area is 124 Å². The molecule has 3 rings (SSSR count). The summed E-state index contributed by atoms with van der Waals surface area (Å²) in [6.07, 6.45) is 5.90. The Morgan fingerprint density at radius 1 is 1.43 bits per heavy atom. The third-order valence-electron chi connectivity index (χ3n) is 4.43. The van der Waals surface area contributed by atoms with Crippen LogP contribution in [0.5, 0.6) is 0 Å². The van der Waals surface area contributed by atoms with E-state index < -0.39 is 0 Å². The van der Waals surface area contributed by atoms with E-state index in [0.717, 1.165) is 25.2 Å². The first-order valence-electron chi connectivity index (χ1n) is 7.64. The topological polar surface area (TPSA) is 67.2 Å². The molecule has 1 N–H and O–H groups in total. The average Bonchev–Trinajstić information content (AvgIpc) is 3.04. The summed E-state index contributed by atoms with van der Waals surface area (Å²) >= 11 is 0. The molecule has 1 fully saturated rings. The molecular weight excluding hydrogens is 268 g/mol. The van der Waals surface area contributed by atoms with Crippen LogP contribution in [-0.4, -0.2) is 44.9 Å². The Morgan fingerprint density at radius 2 is 2.24 bits per heavy atom. The lowest BCUT2D eigenvalue weighted by molar-refractivity contribution is -0.130. The van der Waals surface area contributed by atoms with Gasteiger partial charge in [0.25, 0.3) is 0 Å². The molecule has 2 amide bonds. The number of fused-ring (bicyclic) bond motifs is 1. The van der Waals surface area contributed by atoms with Gasteiger partial charge in [0.15, 0.2) is 0 Å². The lowest BCUT2D eigenvalue weighted by Crippen LogP contribution is -2.44. The van der Waals surface area contributed by atoms with Crippen LogP contribution in [0.3, 0.4) is 0 Å². The molecule has 6 nitrogen and oxygen atoms in total. The van der Waals surface area contributed by atoms with Crippen molar-refractivity contribution < 1.29 is 9.59 Å². The van der Waals surface area contributed by atoms with Crippen molar-refractivity contribution in [3.63, 3.8) is 0 Å². The number of carbonyl (C=O) groups is 2. The maximum absolute atomic E-state index is 12.4. The van der Waals surface area contributed by atoms with E-state index in [1.165, 1.54) is 0 Å².